The summed E-state index contributed by atoms with van der Waals surface area (Å²) in [5.41, 5.74) is 3.32. The maximum absolute atomic E-state index is 11.4. The fourth-order valence-corrected chi connectivity index (χ4v) is 1.85. The van der Waals surface area contributed by atoms with Gasteiger partial charge in [0.1, 0.15) is 0 Å². The molecule has 102 valence electrons. The largest absolute Gasteiger partial charge is 0.460 e. The minimum Gasteiger partial charge on any atom is -0.460 e. The number of carbonyl (C=O) groups excluding carboxylic acids is 1. The number of benzene rings is 2. The number of rotatable bonds is 4. The Morgan fingerprint density at radius 1 is 0.950 bits per heavy atom. The lowest BCUT2D eigenvalue weighted by molar-refractivity contribution is -0.141. The van der Waals surface area contributed by atoms with Crippen molar-refractivity contribution in [1.29, 1.82) is 0 Å². The Hall–Kier alpha value is -2.35. The SMILES string of the molecule is CC(C)OC(=O)C=Cc1ccc(-c2ccccc2)cc1. The van der Waals surface area contributed by atoms with E-state index in [2.05, 4.69) is 12.1 Å². The summed E-state index contributed by atoms with van der Waals surface area (Å²) in [6, 6.07) is 18.3. The van der Waals surface area contributed by atoms with Crippen molar-refractivity contribution in [2.24, 2.45) is 0 Å². The van der Waals surface area contributed by atoms with Crippen molar-refractivity contribution in [3.63, 3.8) is 0 Å². The summed E-state index contributed by atoms with van der Waals surface area (Å²) in [4.78, 5) is 11.4. The molecule has 2 rings (SSSR count). The van der Waals surface area contributed by atoms with Gasteiger partial charge in [-0.25, -0.2) is 4.79 Å². The molecule has 2 aromatic carbocycles. The molecular formula is C18H18O2. The molecule has 2 heteroatoms. The Morgan fingerprint density at radius 2 is 1.55 bits per heavy atom. The topological polar surface area (TPSA) is 26.3 Å². The van der Waals surface area contributed by atoms with Crippen molar-refractivity contribution in [3.05, 3.63) is 66.2 Å². The molecule has 0 aliphatic heterocycles. The van der Waals surface area contributed by atoms with E-state index in [1.165, 1.54) is 11.6 Å². The maximum Gasteiger partial charge on any atom is 0.331 e. The highest BCUT2D eigenvalue weighted by molar-refractivity contribution is 5.87. The molecule has 0 radical (unpaired) electrons. The number of esters is 1. The highest BCUT2D eigenvalue weighted by atomic mass is 16.5. The predicted molar refractivity (Wildman–Crippen MR) is 82.1 cm³/mol. The first-order chi connectivity index (χ1) is 9.65. The van der Waals surface area contributed by atoms with Crippen molar-refractivity contribution in [2.45, 2.75) is 20.0 Å². The third-order valence-corrected chi connectivity index (χ3v) is 2.78. The summed E-state index contributed by atoms with van der Waals surface area (Å²) in [5, 5.41) is 0. The molecule has 0 aromatic heterocycles. The van der Waals surface area contributed by atoms with E-state index in [-0.39, 0.29) is 12.1 Å². The second-order valence-corrected chi connectivity index (χ2v) is 4.81. The van der Waals surface area contributed by atoms with Gasteiger partial charge >= 0.3 is 5.97 Å². The van der Waals surface area contributed by atoms with Crippen LogP contribution in [0.25, 0.3) is 17.2 Å². The van der Waals surface area contributed by atoms with Crippen LogP contribution in [0.4, 0.5) is 0 Å². The molecule has 2 nitrogen and oxygen atoms in total. The van der Waals surface area contributed by atoms with Crippen LogP contribution in [0.3, 0.4) is 0 Å². The summed E-state index contributed by atoms with van der Waals surface area (Å²) >= 11 is 0. The van der Waals surface area contributed by atoms with Crippen LogP contribution in [0.5, 0.6) is 0 Å². The normalized spacial score (nSPS) is 10.9. The van der Waals surface area contributed by atoms with Crippen molar-refractivity contribution in [1.82, 2.24) is 0 Å². The second-order valence-electron chi connectivity index (χ2n) is 4.81. The molecule has 0 fully saturated rings. The molecule has 0 aliphatic rings. The van der Waals surface area contributed by atoms with E-state index in [9.17, 15) is 4.79 Å². The Balaban J connectivity index is 2.06. The van der Waals surface area contributed by atoms with Gasteiger partial charge in [0.2, 0.25) is 0 Å². The fraction of sp³-hybridized carbons (Fsp3) is 0.167. The minimum atomic E-state index is -0.313. The standard InChI is InChI=1S/C18H18O2/c1-14(2)20-18(19)13-10-15-8-11-17(12-9-15)16-6-4-3-5-7-16/h3-14H,1-2H3. The Bertz CT molecular complexity index is 581. The van der Waals surface area contributed by atoms with E-state index in [4.69, 9.17) is 4.74 Å². The predicted octanol–water partition coefficient (Wildman–Crippen LogP) is 4.32. The Morgan fingerprint density at radius 3 is 2.15 bits per heavy atom. The minimum absolute atomic E-state index is 0.0902. The molecule has 0 bridgehead atoms. The Kier molecular flexibility index (Phi) is 4.72. The van der Waals surface area contributed by atoms with Crippen molar-refractivity contribution >= 4 is 12.0 Å². The zero-order valence-corrected chi connectivity index (χ0v) is 11.7. The first-order valence-corrected chi connectivity index (χ1v) is 6.69. The number of hydrogen-bond donors (Lipinski definition) is 0. The van der Waals surface area contributed by atoms with E-state index in [0.29, 0.717) is 0 Å². The van der Waals surface area contributed by atoms with Crippen LogP contribution in [-0.2, 0) is 9.53 Å². The molecule has 0 spiro atoms. The van der Waals surface area contributed by atoms with E-state index in [1.54, 1.807) is 6.08 Å². The fourth-order valence-electron chi connectivity index (χ4n) is 1.85. The smallest absolute Gasteiger partial charge is 0.331 e. The van der Waals surface area contributed by atoms with Gasteiger partial charge in [-0.3, -0.25) is 0 Å². The second kappa shape index (κ2) is 6.71. The van der Waals surface area contributed by atoms with Gasteiger partial charge in [0.15, 0.2) is 0 Å². The maximum atomic E-state index is 11.4. The lowest BCUT2D eigenvalue weighted by Crippen LogP contribution is -2.08. The van der Waals surface area contributed by atoms with Gasteiger partial charge in [0.25, 0.3) is 0 Å². The van der Waals surface area contributed by atoms with Gasteiger partial charge in [-0.05, 0) is 36.6 Å². The van der Waals surface area contributed by atoms with Gasteiger partial charge in [-0.2, -0.15) is 0 Å². The molecule has 2 aromatic rings. The number of ether oxygens (including phenoxy) is 1. The summed E-state index contributed by atoms with van der Waals surface area (Å²) in [6.07, 6.45) is 3.13. The highest BCUT2D eigenvalue weighted by Crippen LogP contribution is 2.19. The molecule has 0 heterocycles. The van der Waals surface area contributed by atoms with Crippen LogP contribution in [0.15, 0.2) is 60.7 Å². The molecule has 0 unspecified atom stereocenters. The van der Waals surface area contributed by atoms with Crippen LogP contribution in [-0.4, -0.2) is 12.1 Å². The average molecular weight is 266 g/mol. The molecule has 0 saturated carbocycles. The molecule has 0 atom stereocenters. The van der Waals surface area contributed by atoms with Crippen LogP contribution in [0.2, 0.25) is 0 Å². The summed E-state index contributed by atoms with van der Waals surface area (Å²) in [5.74, 6) is -0.313. The quantitative estimate of drug-likeness (QED) is 0.608. The molecule has 0 aliphatic carbocycles. The molecular weight excluding hydrogens is 248 g/mol. The van der Waals surface area contributed by atoms with E-state index >= 15 is 0 Å². The number of carbonyl (C=O) groups is 1. The van der Waals surface area contributed by atoms with Crippen LogP contribution < -0.4 is 0 Å². The first-order valence-electron chi connectivity index (χ1n) is 6.69. The highest BCUT2D eigenvalue weighted by Gasteiger charge is 2.00. The van der Waals surface area contributed by atoms with Gasteiger partial charge in [0.05, 0.1) is 6.10 Å². The van der Waals surface area contributed by atoms with Crippen LogP contribution >= 0.6 is 0 Å². The summed E-state index contributed by atoms with van der Waals surface area (Å²) < 4.78 is 5.04. The molecule has 0 N–H and O–H groups in total. The Labute approximate surface area is 119 Å². The average Bonchev–Trinajstić information content (AvgIpc) is 2.46. The third kappa shape index (κ3) is 4.09. The lowest BCUT2D eigenvalue weighted by atomic mass is 10.0. The van der Waals surface area contributed by atoms with Crippen molar-refractivity contribution in [2.75, 3.05) is 0 Å². The third-order valence-electron chi connectivity index (χ3n) is 2.78. The lowest BCUT2D eigenvalue weighted by Gasteiger charge is -2.04. The van der Waals surface area contributed by atoms with E-state index in [1.807, 2.05) is 56.3 Å². The summed E-state index contributed by atoms with van der Waals surface area (Å²) in [7, 11) is 0. The molecule has 0 saturated heterocycles. The molecule has 20 heavy (non-hydrogen) atoms. The first kappa shape index (κ1) is 14.1. The van der Waals surface area contributed by atoms with Crippen LogP contribution in [0.1, 0.15) is 19.4 Å². The van der Waals surface area contributed by atoms with Gasteiger partial charge in [-0.15, -0.1) is 0 Å². The van der Waals surface area contributed by atoms with E-state index < -0.39 is 0 Å². The summed E-state index contributed by atoms with van der Waals surface area (Å²) in [6.45, 7) is 3.67. The number of hydrogen-bond acceptors (Lipinski definition) is 2. The van der Waals surface area contributed by atoms with Gasteiger partial charge in [-0.1, -0.05) is 54.6 Å². The van der Waals surface area contributed by atoms with Crippen LogP contribution in [0, 0.1) is 0 Å². The van der Waals surface area contributed by atoms with E-state index in [0.717, 1.165) is 11.1 Å². The van der Waals surface area contributed by atoms with Gasteiger partial charge < -0.3 is 4.74 Å². The van der Waals surface area contributed by atoms with Crippen molar-refractivity contribution < 1.29 is 9.53 Å². The van der Waals surface area contributed by atoms with Gasteiger partial charge in [0, 0.05) is 6.08 Å². The molecule has 0 amide bonds. The van der Waals surface area contributed by atoms with Crippen molar-refractivity contribution in [3.8, 4) is 11.1 Å². The monoisotopic (exact) mass is 266 g/mol. The zero-order valence-electron chi connectivity index (χ0n) is 11.7. The zero-order chi connectivity index (χ0) is 14.4.